The summed E-state index contributed by atoms with van der Waals surface area (Å²) in [6, 6.07) is 2.70. The van der Waals surface area contributed by atoms with Gasteiger partial charge in [0.2, 0.25) is 0 Å². The minimum Gasteiger partial charge on any atom is -0.461 e. The molecule has 1 aromatic heterocycles. The SMILES string of the molecule is CCOC(=O)c1[nH]c(C)c(C(=O)CN2C(=O)NC(C)(c3ccc(F)cc3Cl)C2=O)c1C. The largest absolute Gasteiger partial charge is 0.461 e. The Hall–Kier alpha value is -3.20. The number of imide groups is 1. The molecule has 0 saturated carbocycles. The average molecular weight is 450 g/mol. The second kappa shape index (κ2) is 8.14. The van der Waals surface area contributed by atoms with Crippen molar-refractivity contribution in [1.29, 1.82) is 0 Å². The van der Waals surface area contributed by atoms with E-state index in [9.17, 15) is 23.6 Å². The lowest BCUT2D eigenvalue weighted by Crippen LogP contribution is -2.41. The Balaban J connectivity index is 1.88. The van der Waals surface area contributed by atoms with Gasteiger partial charge < -0.3 is 15.0 Å². The number of rotatable bonds is 6. The second-order valence-corrected chi connectivity index (χ2v) is 7.75. The predicted molar refractivity (Wildman–Crippen MR) is 110 cm³/mol. The van der Waals surface area contributed by atoms with Crippen molar-refractivity contribution >= 4 is 35.3 Å². The van der Waals surface area contributed by atoms with E-state index in [1.807, 2.05) is 0 Å². The van der Waals surface area contributed by atoms with E-state index >= 15 is 0 Å². The van der Waals surface area contributed by atoms with Crippen LogP contribution in [0.2, 0.25) is 5.02 Å². The van der Waals surface area contributed by atoms with Crippen LogP contribution < -0.4 is 5.32 Å². The minimum absolute atomic E-state index is 0.0271. The molecule has 1 aliphatic heterocycles. The number of benzene rings is 1. The number of nitrogens with one attached hydrogen (secondary N) is 2. The molecule has 1 saturated heterocycles. The Bertz CT molecular complexity index is 1110. The van der Waals surface area contributed by atoms with E-state index in [0.717, 1.165) is 17.0 Å². The van der Waals surface area contributed by atoms with Gasteiger partial charge in [0.15, 0.2) is 5.78 Å². The number of urea groups is 1. The van der Waals surface area contributed by atoms with Crippen LogP contribution in [-0.4, -0.2) is 46.7 Å². The third kappa shape index (κ3) is 3.81. The highest BCUT2D eigenvalue weighted by molar-refractivity contribution is 6.32. The Kier molecular flexibility index (Phi) is 5.91. The van der Waals surface area contributed by atoms with Crippen molar-refractivity contribution in [2.75, 3.05) is 13.2 Å². The maximum absolute atomic E-state index is 13.4. The van der Waals surface area contributed by atoms with Crippen molar-refractivity contribution < 1.29 is 28.3 Å². The lowest BCUT2D eigenvalue weighted by Gasteiger charge is -2.23. The molecule has 164 valence electrons. The topological polar surface area (TPSA) is 109 Å². The molecule has 0 spiro atoms. The number of hydrogen-bond acceptors (Lipinski definition) is 5. The molecule has 1 atom stereocenters. The van der Waals surface area contributed by atoms with Gasteiger partial charge in [0.25, 0.3) is 5.91 Å². The first kappa shape index (κ1) is 22.5. The summed E-state index contributed by atoms with van der Waals surface area (Å²) in [7, 11) is 0. The van der Waals surface area contributed by atoms with Crippen molar-refractivity contribution in [2.45, 2.75) is 33.2 Å². The van der Waals surface area contributed by atoms with Crippen molar-refractivity contribution in [3.63, 3.8) is 0 Å². The highest BCUT2D eigenvalue weighted by Crippen LogP contribution is 2.34. The van der Waals surface area contributed by atoms with Gasteiger partial charge in [-0.15, -0.1) is 0 Å². The second-order valence-electron chi connectivity index (χ2n) is 7.34. The molecule has 1 aliphatic rings. The zero-order valence-electron chi connectivity index (χ0n) is 17.4. The van der Waals surface area contributed by atoms with E-state index in [0.29, 0.717) is 11.3 Å². The van der Waals surface area contributed by atoms with Gasteiger partial charge in [0, 0.05) is 21.8 Å². The van der Waals surface area contributed by atoms with E-state index in [4.69, 9.17) is 16.3 Å². The number of Topliss-reactive ketones (excluding diaryl/α,β-unsaturated/α-hetero) is 1. The molecule has 0 radical (unpaired) electrons. The molecule has 3 amide bonds. The zero-order chi connectivity index (χ0) is 23.1. The number of aromatic nitrogens is 1. The minimum atomic E-state index is -1.56. The van der Waals surface area contributed by atoms with Crippen molar-refractivity contribution in [2.24, 2.45) is 0 Å². The number of ether oxygens (including phenoxy) is 1. The summed E-state index contributed by atoms with van der Waals surface area (Å²) < 4.78 is 18.4. The van der Waals surface area contributed by atoms with Crippen LogP contribution in [-0.2, 0) is 15.1 Å². The molecule has 31 heavy (non-hydrogen) atoms. The molecule has 2 aromatic rings. The van der Waals surface area contributed by atoms with Crippen molar-refractivity contribution in [1.82, 2.24) is 15.2 Å². The summed E-state index contributed by atoms with van der Waals surface area (Å²) in [6.45, 7) is 5.92. The van der Waals surface area contributed by atoms with Crippen LogP contribution in [0.5, 0.6) is 0 Å². The predicted octanol–water partition coefficient (Wildman–Crippen LogP) is 3.25. The van der Waals surface area contributed by atoms with Gasteiger partial charge in [0.05, 0.1) is 13.2 Å². The van der Waals surface area contributed by atoms with Gasteiger partial charge in [0.1, 0.15) is 17.1 Å². The monoisotopic (exact) mass is 449 g/mol. The number of amides is 3. The number of halogens is 2. The Morgan fingerprint density at radius 2 is 1.94 bits per heavy atom. The number of aryl methyl sites for hydroxylation is 1. The number of carbonyl (C=O) groups is 4. The van der Waals surface area contributed by atoms with E-state index in [-0.39, 0.29) is 28.5 Å². The van der Waals surface area contributed by atoms with Crippen LogP contribution in [0, 0.1) is 19.7 Å². The molecule has 3 rings (SSSR count). The molecule has 0 bridgehead atoms. The first-order chi connectivity index (χ1) is 14.5. The third-order valence-electron chi connectivity index (χ3n) is 5.24. The fourth-order valence-corrected chi connectivity index (χ4v) is 4.07. The van der Waals surface area contributed by atoms with Gasteiger partial charge in [-0.3, -0.25) is 14.5 Å². The highest BCUT2D eigenvalue weighted by atomic mass is 35.5. The summed E-state index contributed by atoms with van der Waals surface area (Å²) in [4.78, 5) is 54.2. The number of carbonyl (C=O) groups excluding carboxylic acids is 4. The van der Waals surface area contributed by atoms with Crippen molar-refractivity contribution in [3.05, 3.63) is 57.1 Å². The fraction of sp³-hybridized carbons (Fsp3) is 0.333. The van der Waals surface area contributed by atoms with Crippen LogP contribution >= 0.6 is 11.6 Å². The third-order valence-corrected chi connectivity index (χ3v) is 5.56. The molecular weight excluding hydrogens is 429 g/mol. The number of ketones is 1. The van der Waals surface area contributed by atoms with E-state index in [2.05, 4.69) is 10.3 Å². The Labute approximate surface area is 182 Å². The summed E-state index contributed by atoms with van der Waals surface area (Å²) in [5.74, 6) is -2.41. The number of aromatic amines is 1. The smallest absolute Gasteiger partial charge is 0.355 e. The van der Waals surface area contributed by atoms with E-state index in [1.54, 1.807) is 20.8 Å². The van der Waals surface area contributed by atoms with E-state index in [1.165, 1.54) is 13.0 Å². The molecule has 8 nitrogen and oxygen atoms in total. The van der Waals surface area contributed by atoms with Crippen LogP contribution in [0.4, 0.5) is 9.18 Å². The van der Waals surface area contributed by atoms with Crippen LogP contribution in [0.1, 0.15) is 51.5 Å². The summed E-state index contributed by atoms with van der Waals surface area (Å²) in [5, 5.41) is 2.50. The van der Waals surface area contributed by atoms with Gasteiger partial charge in [-0.25, -0.2) is 14.0 Å². The molecule has 1 fully saturated rings. The molecule has 1 unspecified atom stereocenters. The quantitative estimate of drug-likeness (QED) is 0.400. The molecular formula is C21H21ClFN3O5. The Morgan fingerprint density at radius 3 is 2.55 bits per heavy atom. The van der Waals surface area contributed by atoms with Gasteiger partial charge in [-0.05, 0) is 45.4 Å². The number of nitrogens with zero attached hydrogens (tertiary/aromatic N) is 1. The van der Waals surface area contributed by atoms with Crippen molar-refractivity contribution in [3.8, 4) is 0 Å². The molecule has 2 heterocycles. The van der Waals surface area contributed by atoms with Gasteiger partial charge in [-0.2, -0.15) is 0 Å². The fourth-order valence-electron chi connectivity index (χ4n) is 3.72. The first-order valence-electron chi connectivity index (χ1n) is 9.50. The van der Waals surface area contributed by atoms with Crippen LogP contribution in [0.25, 0.3) is 0 Å². The molecule has 10 heteroatoms. The first-order valence-corrected chi connectivity index (χ1v) is 9.88. The van der Waals surface area contributed by atoms with Gasteiger partial charge in [-0.1, -0.05) is 17.7 Å². The highest BCUT2D eigenvalue weighted by Gasteiger charge is 2.50. The maximum Gasteiger partial charge on any atom is 0.355 e. The molecule has 1 aromatic carbocycles. The number of esters is 1. The van der Waals surface area contributed by atoms with Crippen LogP contribution in [0.3, 0.4) is 0 Å². The Morgan fingerprint density at radius 1 is 1.26 bits per heavy atom. The lowest BCUT2D eigenvalue weighted by molar-refractivity contribution is -0.130. The van der Waals surface area contributed by atoms with E-state index < -0.39 is 41.6 Å². The van der Waals surface area contributed by atoms with Gasteiger partial charge >= 0.3 is 12.0 Å². The standard InChI is InChI=1S/C21H21ClFN3O5/c1-5-31-18(28)17-10(2)16(11(3)24-17)15(27)9-26-19(29)21(4,25-20(26)30)13-7-6-12(23)8-14(13)22/h6-8,24H,5,9H2,1-4H3,(H,25,30). The average Bonchev–Trinajstić information content (AvgIpc) is 3.09. The molecule has 2 N–H and O–H groups in total. The number of H-pyrrole nitrogens is 1. The summed E-state index contributed by atoms with van der Waals surface area (Å²) >= 11 is 6.08. The zero-order valence-corrected chi connectivity index (χ0v) is 18.1. The lowest BCUT2D eigenvalue weighted by atomic mass is 9.92. The number of hydrogen-bond donors (Lipinski definition) is 2. The normalized spacial score (nSPS) is 18.3. The van der Waals surface area contributed by atoms with Crippen LogP contribution in [0.15, 0.2) is 18.2 Å². The maximum atomic E-state index is 13.4. The summed E-state index contributed by atoms with van der Waals surface area (Å²) in [6.07, 6.45) is 0. The summed E-state index contributed by atoms with van der Waals surface area (Å²) in [5.41, 5.74) is -0.206. The molecule has 0 aliphatic carbocycles.